The molecule has 1 aromatic carbocycles. The predicted molar refractivity (Wildman–Crippen MR) is 110 cm³/mol. The molecular weight excluding hydrogens is 352 g/mol. The molecule has 6 heteroatoms. The van der Waals surface area contributed by atoms with E-state index in [1.165, 1.54) is 19.3 Å². The molecular formula is C22H28N4O2. The lowest BCUT2D eigenvalue weighted by Crippen LogP contribution is -2.45. The van der Waals surface area contributed by atoms with Gasteiger partial charge in [-0.2, -0.15) is 4.98 Å². The number of anilines is 2. The first-order valence-corrected chi connectivity index (χ1v) is 10.5. The SMILES string of the molecule is c1ccc(-c2cc(N3CCC4(CC3)OCCO4)nc(N3CCCCC3)n2)cc1. The molecule has 0 unspecified atom stereocenters. The first-order valence-electron chi connectivity index (χ1n) is 10.5. The van der Waals surface area contributed by atoms with Gasteiger partial charge in [0.2, 0.25) is 5.95 Å². The lowest BCUT2D eigenvalue weighted by molar-refractivity contribution is -0.169. The fourth-order valence-corrected chi connectivity index (χ4v) is 4.44. The van der Waals surface area contributed by atoms with Gasteiger partial charge in [-0.15, -0.1) is 0 Å². The normalized spacial score (nSPS) is 22.0. The minimum atomic E-state index is -0.360. The third-order valence-corrected chi connectivity index (χ3v) is 6.07. The summed E-state index contributed by atoms with van der Waals surface area (Å²) >= 11 is 0. The van der Waals surface area contributed by atoms with Gasteiger partial charge in [-0.05, 0) is 19.3 Å². The van der Waals surface area contributed by atoms with Crippen LogP contribution in [0.5, 0.6) is 0 Å². The summed E-state index contributed by atoms with van der Waals surface area (Å²) in [6, 6.07) is 12.6. The maximum absolute atomic E-state index is 5.89. The van der Waals surface area contributed by atoms with Gasteiger partial charge in [-0.25, -0.2) is 4.98 Å². The van der Waals surface area contributed by atoms with Crippen LogP contribution in [0.2, 0.25) is 0 Å². The minimum absolute atomic E-state index is 0.360. The van der Waals surface area contributed by atoms with Crippen molar-refractivity contribution < 1.29 is 9.47 Å². The Balaban J connectivity index is 1.44. The molecule has 5 rings (SSSR count). The highest BCUT2D eigenvalue weighted by Crippen LogP contribution is 2.34. The average Bonchev–Trinajstić information content (AvgIpc) is 3.23. The molecule has 0 aliphatic carbocycles. The van der Waals surface area contributed by atoms with Crippen LogP contribution in [-0.4, -0.2) is 55.1 Å². The summed E-state index contributed by atoms with van der Waals surface area (Å²) in [5.74, 6) is 1.52. The van der Waals surface area contributed by atoms with E-state index in [1.807, 2.05) is 6.07 Å². The Kier molecular flexibility index (Phi) is 4.91. The standard InChI is InChI=1S/C22H28N4O2/c1-3-7-18(8-4-1)19-17-20(24-21(23-19)26-11-5-2-6-12-26)25-13-9-22(10-14-25)27-15-16-28-22/h1,3-4,7-8,17H,2,5-6,9-16H2. The van der Waals surface area contributed by atoms with Crippen LogP contribution in [0, 0.1) is 0 Å². The van der Waals surface area contributed by atoms with E-state index in [0.717, 1.165) is 62.0 Å². The molecule has 0 radical (unpaired) electrons. The van der Waals surface area contributed by atoms with Crippen LogP contribution in [0.4, 0.5) is 11.8 Å². The van der Waals surface area contributed by atoms with E-state index in [4.69, 9.17) is 19.4 Å². The van der Waals surface area contributed by atoms with Crippen molar-refractivity contribution in [1.82, 2.24) is 9.97 Å². The third kappa shape index (κ3) is 3.59. The molecule has 0 amide bonds. The molecule has 3 fully saturated rings. The molecule has 148 valence electrons. The lowest BCUT2D eigenvalue weighted by Gasteiger charge is -2.38. The van der Waals surface area contributed by atoms with Gasteiger partial charge in [0.25, 0.3) is 0 Å². The zero-order valence-electron chi connectivity index (χ0n) is 16.3. The van der Waals surface area contributed by atoms with Gasteiger partial charge < -0.3 is 19.3 Å². The van der Waals surface area contributed by atoms with Crippen molar-refractivity contribution in [3.05, 3.63) is 36.4 Å². The van der Waals surface area contributed by atoms with E-state index >= 15 is 0 Å². The van der Waals surface area contributed by atoms with Crippen LogP contribution < -0.4 is 9.80 Å². The highest BCUT2D eigenvalue weighted by atomic mass is 16.7. The maximum atomic E-state index is 5.89. The summed E-state index contributed by atoms with van der Waals surface area (Å²) in [7, 11) is 0. The second-order valence-corrected chi connectivity index (χ2v) is 7.92. The minimum Gasteiger partial charge on any atom is -0.356 e. The van der Waals surface area contributed by atoms with Crippen molar-refractivity contribution >= 4 is 11.8 Å². The van der Waals surface area contributed by atoms with Gasteiger partial charge in [0.15, 0.2) is 5.79 Å². The molecule has 0 bridgehead atoms. The summed E-state index contributed by atoms with van der Waals surface area (Å²) in [5.41, 5.74) is 2.14. The number of nitrogens with zero attached hydrogens (tertiary/aromatic N) is 4. The van der Waals surface area contributed by atoms with Crippen molar-refractivity contribution in [3.8, 4) is 11.3 Å². The highest BCUT2D eigenvalue weighted by molar-refractivity contribution is 5.65. The highest BCUT2D eigenvalue weighted by Gasteiger charge is 2.40. The predicted octanol–water partition coefficient (Wildman–Crippen LogP) is 3.48. The largest absolute Gasteiger partial charge is 0.356 e. The number of benzene rings is 1. The molecule has 1 spiro atoms. The Hall–Kier alpha value is -2.18. The van der Waals surface area contributed by atoms with Crippen molar-refractivity contribution in [3.63, 3.8) is 0 Å². The Morgan fingerprint density at radius 1 is 0.786 bits per heavy atom. The molecule has 0 N–H and O–H groups in total. The van der Waals surface area contributed by atoms with Gasteiger partial charge in [-0.3, -0.25) is 0 Å². The van der Waals surface area contributed by atoms with Crippen molar-refractivity contribution in [1.29, 1.82) is 0 Å². The number of rotatable bonds is 3. The second-order valence-electron chi connectivity index (χ2n) is 7.92. The van der Waals surface area contributed by atoms with E-state index in [-0.39, 0.29) is 5.79 Å². The lowest BCUT2D eigenvalue weighted by atomic mass is 10.0. The van der Waals surface area contributed by atoms with Crippen LogP contribution in [0.3, 0.4) is 0 Å². The molecule has 0 atom stereocenters. The molecule has 3 aliphatic rings. The number of aromatic nitrogens is 2. The molecule has 4 heterocycles. The van der Waals surface area contributed by atoms with Crippen LogP contribution >= 0.6 is 0 Å². The van der Waals surface area contributed by atoms with E-state index in [9.17, 15) is 0 Å². The van der Waals surface area contributed by atoms with E-state index in [2.05, 4.69) is 40.1 Å². The van der Waals surface area contributed by atoms with Crippen LogP contribution in [0.1, 0.15) is 32.1 Å². The van der Waals surface area contributed by atoms with Gasteiger partial charge in [0.05, 0.1) is 18.9 Å². The van der Waals surface area contributed by atoms with Gasteiger partial charge in [-0.1, -0.05) is 30.3 Å². The van der Waals surface area contributed by atoms with Gasteiger partial charge in [0.1, 0.15) is 5.82 Å². The van der Waals surface area contributed by atoms with Crippen molar-refractivity contribution in [2.75, 3.05) is 49.2 Å². The van der Waals surface area contributed by atoms with Gasteiger partial charge >= 0.3 is 0 Å². The Labute approximate surface area is 166 Å². The Bertz CT molecular complexity index is 791. The van der Waals surface area contributed by atoms with Crippen LogP contribution in [-0.2, 0) is 9.47 Å². The quantitative estimate of drug-likeness (QED) is 0.813. The summed E-state index contributed by atoms with van der Waals surface area (Å²) in [4.78, 5) is 14.6. The summed E-state index contributed by atoms with van der Waals surface area (Å²) in [6.45, 7) is 5.30. The molecule has 28 heavy (non-hydrogen) atoms. The molecule has 0 saturated carbocycles. The number of hydrogen-bond acceptors (Lipinski definition) is 6. The smallest absolute Gasteiger partial charge is 0.227 e. The van der Waals surface area contributed by atoms with Gasteiger partial charge in [0, 0.05) is 50.7 Å². The molecule has 6 nitrogen and oxygen atoms in total. The van der Waals surface area contributed by atoms with E-state index in [1.54, 1.807) is 0 Å². The molecule has 3 aliphatic heterocycles. The maximum Gasteiger partial charge on any atom is 0.227 e. The van der Waals surface area contributed by atoms with E-state index in [0.29, 0.717) is 13.2 Å². The Morgan fingerprint density at radius 3 is 2.21 bits per heavy atom. The molecule has 2 aromatic rings. The van der Waals surface area contributed by atoms with Crippen LogP contribution in [0.15, 0.2) is 36.4 Å². The summed E-state index contributed by atoms with van der Waals surface area (Å²) < 4.78 is 11.8. The number of ether oxygens (including phenoxy) is 2. The zero-order chi connectivity index (χ0) is 18.8. The fourth-order valence-electron chi connectivity index (χ4n) is 4.44. The summed E-state index contributed by atoms with van der Waals surface area (Å²) in [5, 5.41) is 0. The zero-order valence-corrected chi connectivity index (χ0v) is 16.3. The summed E-state index contributed by atoms with van der Waals surface area (Å²) in [6.07, 6.45) is 5.51. The molecule has 3 saturated heterocycles. The topological polar surface area (TPSA) is 50.7 Å². The first-order chi connectivity index (χ1) is 13.8. The molecule has 1 aromatic heterocycles. The first kappa shape index (κ1) is 17.9. The van der Waals surface area contributed by atoms with Crippen molar-refractivity contribution in [2.24, 2.45) is 0 Å². The third-order valence-electron chi connectivity index (χ3n) is 6.07. The van der Waals surface area contributed by atoms with E-state index < -0.39 is 0 Å². The van der Waals surface area contributed by atoms with Crippen LogP contribution in [0.25, 0.3) is 11.3 Å². The second kappa shape index (κ2) is 7.68. The Morgan fingerprint density at radius 2 is 1.50 bits per heavy atom. The number of hydrogen-bond donors (Lipinski definition) is 0. The average molecular weight is 380 g/mol. The number of piperidine rings is 2. The van der Waals surface area contributed by atoms with Crippen molar-refractivity contribution in [2.45, 2.75) is 37.9 Å². The fraction of sp³-hybridized carbons (Fsp3) is 0.545. The monoisotopic (exact) mass is 380 g/mol.